The zero-order chi connectivity index (χ0) is 14.2. The number of aromatic nitrogens is 1. The van der Waals surface area contributed by atoms with E-state index in [9.17, 15) is 0 Å². The molecule has 1 saturated carbocycles. The smallest absolute Gasteiger partial charge is 0.0951 e. The maximum atomic E-state index is 6.11. The van der Waals surface area contributed by atoms with Gasteiger partial charge >= 0.3 is 0 Å². The Bertz CT molecular complexity index is 650. The van der Waals surface area contributed by atoms with Crippen LogP contribution in [-0.4, -0.2) is 17.6 Å². The van der Waals surface area contributed by atoms with Crippen molar-refractivity contribution in [3.8, 4) is 0 Å². The number of nitrogens with zero attached hydrogens (tertiary/aromatic N) is 2. The Kier molecular flexibility index (Phi) is 3.21. The number of piperidine rings is 1. The van der Waals surface area contributed by atoms with E-state index in [1.807, 2.05) is 18.3 Å². The summed E-state index contributed by atoms with van der Waals surface area (Å²) in [5.74, 6) is 0.886. The van der Waals surface area contributed by atoms with Crippen molar-refractivity contribution in [3.63, 3.8) is 0 Å². The van der Waals surface area contributed by atoms with E-state index in [-0.39, 0.29) is 0 Å². The van der Waals surface area contributed by atoms with Gasteiger partial charge in [-0.2, -0.15) is 0 Å². The number of fused-ring (bicyclic) bond motifs is 2. The van der Waals surface area contributed by atoms with Crippen LogP contribution in [0.3, 0.4) is 0 Å². The zero-order valence-corrected chi connectivity index (χ0v) is 12.5. The van der Waals surface area contributed by atoms with Gasteiger partial charge in [-0.25, -0.2) is 0 Å². The lowest BCUT2D eigenvalue weighted by Crippen LogP contribution is -2.47. The van der Waals surface area contributed by atoms with Gasteiger partial charge in [0.25, 0.3) is 0 Å². The van der Waals surface area contributed by atoms with Gasteiger partial charge in [0.2, 0.25) is 0 Å². The fourth-order valence-electron chi connectivity index (χ4n) is 4.36. The summed E-state index contributed by atoms with van der Waals surface area (Å²) in [5.41, 5.74) is 9.18. The molecule has 0 bridgehead atoms. The van der Waals surface area contributed by atoms with Crippen LogP contribution in [0.15, 0.2) is 30.5 Å². The molecule has 0 unspecified atom stereocenters. The number of para-hydroxylation sites is 1. The van der Waals surface area contributed by atoms with E-state index in [4.69, 9.17) is 5.73 Å². The summed E-state index contributed by atoms with van der Waals surface area (Å²) in [6.07, 6.45) is 10.2. The molecule has 1 saturated heterocycles. The third-order valence-electron chi connectivity index (χ3n) is 5.33. The largest absolute Gasteiger partial charge is 0.397 e. The van der Waals surface area contributed by atoms with Crippen molar-refractivity contribution in [1.29, 1.82) is 0 Å². The van der Waals surface area contributed by atoms with Crippen LogP contribution < -0.4 is 10.6 Å². The highest BCUT2D eigenvalue weighted by atomic mass is 15.2. The van der Waals surface area contributed by atoms with Crippen LogP contribution in [0.5, 0.6) is 0 Å². The van der Waals surface area contributed by atoms with Crippen molar-refractivity contribution in [2.75, 3.05) is 17.2 Å². The molecule has 1 aromatic heterocycles. The molecule has 4 rings (SSSR count). The van der Waals surface area contributed by atoms with Crippen molar-refractivity contribution in [1.82, 2.24) is 4.98 Å². The number of anilines is 2. The van der Waals surface area contributed by atoms with Gasteiger partial charge in [-0.1, -0.05) is 25.0 Å². The first kappa shape index (κ1) is 12.9. The molecule has 1 aliphatic heterocycles. The Morgan fingerprint density at radius 3 is 2.86 bits per heavy atom. The van der Waals surface area contributed by atoms with E-state index < -0.39 is 0 Å². The van der Waals surface area contributed by atoms with Gasteiger partial charge in [0.15, 0.2) is 0 Å². The molecule has 3 heteroatoms. The van der Waals surface area contributed by atoms with Crippen molar-refractivity contribution in [2.45, 2.75) is 44.6 Å². The van der Waals surface area contributed by atoms with E-state index in [0.29, 0.717) is 0 Å². The quantitative estimate of drug-likeness (QED) is 0.804. The predicted octanol–water partition coefficient (Wildman–Crippen LogP) is 3.98. The first-order chi connectivity index (χ1) is 10.3. The summed E-state index contributed by atoms with van der Waals surface area (Å²) in [5, 5.41) is 1.21. The molecule has 2 aromatic rings. The van der Waals surface area contributed by atoms with Crippen molar-refractivity contribution in [3.05, 3.63) is 30.5 Å². The lowest BCUT2D eigenvalue weighted by Gasteiger charge is -2.45. The first-order valence-electron chi connectivity index (χ1n) is 8.24. The summed E-state index contributed by atoms with van der Waals surface area (Å²) in [4.78, 5) is 7.14. The summed E-state index contributed by atoms with van der Waals surface area (Å²) >= 11 is 0. The molecule has 2 N–H and O–H groups in total. The molecule has 0 amide bonds. The van der Waals surface area contributed by atoms with Gasteiger partial charge < -0.3 is 10.6 Å². The summed E-state index contributed by atoms with van der Waals surface area (Å²) < 4.78 is 0. The highest BCUT2D eigenvalue weighted by Gasteiger charge is 2.33. The van der Waals surface area contributed by atoms with E-state index in [1.165, 1.54) is 56.1 Å². The van der Waals surface area contributed by atoms with Crippen molar-refractivity contribution >= 4 is 22.3 Å². The van der Waals surface area contributed by atoms with Gasteiger partial charge in [-0.3, -0.25) is 4.98 Å². The van der Waals surface area contributed by atoms with Gasteiger partial charge in [0.1, 0.15) is 0 Å². The fourth-order valence-corrected chi connectivity index (χ4v) is 4.36. The average Bonchev–Trinajstić information content (AvgIpc) is 2.54. The highest BCUT2D eigenvalue weighted by molar-refractivity contribution is 5.98. The van der Waals surface area contributed by atoms with Crippen LogP contribution in [-0.2, 0) is 0 Å². The maximum Gasteiger partial charge on any atom is 0.0951 e. The average molecular weight is 281 g/mol. The van der Waals surface area contributed by atoms with E-state index in [1.54, 1.807) is 0 Å². The lowest BCUT2D eigenvalue weighted by atomic mass is 9.78. The van der Waals surface area contributed by atoms with Crippen LogP contribution >= 0.6 is 0 Å². The summed E-state index contributed by atoms with van der Waals surface area (Å²) in [6, 6.07) is 9.06. The third-order valence-corrected chi connectivity index (χ3v) is 5.33. The molecule has 2 fully saturated rings. The monoisotopic (exact) mass is 281 g/mol. The lowest BCUT2D eigenvalue weighted by molar-refractivity contribution is 0.244. The Morgan fingerprint density at radius 1 is 1.05 bits per heavy atom. The molecular weight excluding hydrogens is 258 g/mol. The molecule has 1 aromatic carbocycles. The predicted molar refractivity (Wildman–Crippen MR) is 88.5 cm³/mol. The second-order valence-electron chi connectivity index (χ2n) is 6.52. The molecule has 0 radical (unpaired) electrons. The van der Waals surface area contributed by atoms with Crippen LogP contribution in [0.1, 0.15) is 38.5 Å². The van der Waals surface area contributed by atoms with Crippen LogP contribution in [0.25, 0.3) is 10.9 Å². The number of pyridine rings is 1. The molecule has 1 aliphatic carbocycles. The highest BCUT2D eigenvalue weighted by Crippen LogP contribution is 2.40. The number of nitrogen functional groups attached to an aromatic ring is 1. The first-order valence-corrected chi connectivity index (χ1v) is 8.24. The number of hydrogen-bond donors (Lipinski definition) is 1. The number of hydrogen-bond acceptors (Lipinski definition) is 3. The minimum Gasteiger partial charge on any atom is -0.397 e. The third kappa shape index (κ3) is 2.15. The van der Waals surface area contributed by atoms with Crippen LogP contribution in [0.2, 0.25) is 0 Å². The minimum atomic E-state index is 0.722. The molecule has 2 atom stereocenters. The molecule has 3 nitrogen and oxygen atoms in total. The summed E-state index contributed by atoms with van der Waals surface area (Å²) in [7, 11) is 0. The standard InChI is InChI=1S/C18H23N3/c19-15-8-3-7-14-17(10-11-20-18(14)15)21-12-4-6-13-5-1-2-9-16(13)21/h3,7-8,10-11,13,16H,1-2,4-6,9,12,19H2/t13-,16-/m1/s1. The molecule has 0 spiro atoms. The number of benzene rings is 1. The Balaban J connectivity index is 1.80. The van der Waals surface area contributed by atoms with Crippen LogP contribution in [0, 0.1) is 5.92 Å². The van der Waals surface area contributed by atoms with E-state index >= 15 is 0 Å². The molecule has 2 aliphatic rings. The second-order valence-corrected chi connectivity index (χ2v) is 6.52. The zero-order valence-electron chi connectivity index (χ0n) is 12.5. The van der Waals surface area contributed by atoms with Crippen molar-refractivity contribution < 1.29 is 0 Å². The van der Waals surface area contributed by atoms with E-state index in [0.717, 1.165) is 23.2 Å². The van der Waals surface area contributed by atoms with Crippen molar-refractivity contribution in [2.24, 2.45) is 5.92 Å². The Morgan fingerprint density at radius 2 is 1.90 bits per heavy atom. The SMILES string of the molecule is Nc1cccc2c(N3CCC[C@H]4CCCC[C@H]43)ccnc12. The fraction of sp³-hybridized carbons (Fsp3) is 0.500. The van der Waals surface area contributed by atoms with Crippen LogP contribution in [0.4, 0.5) is 11.4 Å². The van der Waals surface area contributed by atoms with Gasteiger partial charge in [0.05, 0.1) is 11.2 Å². The van der Waals surface area contributed by atoms with Gasteiger partial charge in [0, 0.05) is 29.9 Å². The summed E-state index contributed by atoms with van der Waals surface area (Å²) in [6.45, 7) is 1.18. The number of rotatable bonds is 1. The Hall–Kier alpha value is -1.77. The molecule has 110 valence electrons. The minimum absolute atomic E-state index is 0.722. The molecular formula is C18H23N3. The molecule has 21 heavy (non-hydrogen) atoms. The second kappa shape index (κ2) is 5.21. The normalized spacial score (nSPS) is 25.8. The van der Waals surface area contributed by atoms with E-state index in [2.05, 4.69) is 22.0 Å². The Labute approximate surface area is 126 Å². The maximum absolute atomic E-state index is 6.11. The molecule has 2 heterocycles. The van der Waals surface area contributed by atoms with Gasteiger partial charge in [-0.15, -0.1) is 0 Å². The number of nitrogens with two attached hydrogens (primary N) is 1. The van der Waals surface area contributed by atoms with Gasteiger partial charge in [-0.05, 0) is 43.7 Å². The topological polar surface area (TPSA) is 42.1 Å².